The Bertz CT molecular complexity index is 707. The lowest BCUT2D eigenvalue weighted by Crippen LogP contribution is -2.50. The average molecular weight is 387 g/mol. The third-order valence-corrected chi connectivity index (χ3v) is 6.12. The summed E-state index contributed by atoms with van der Waals surface area (Å²) in [4.78, 5) is 31.6. The first-order valence-corrected chi connectivity index (χ1v) is 10.4. The zero-order valence-electron chi connectivity index (χ0n) is 16.3. The molecule has 3 aliphatic rings. The second-order valence-electron chi connectivity index (χ2n) is 8.09. The summed E-state index contributed by atoms with van der Waals surface area (Å²) in [5, 5.41) is 13.7. The molecule has 1 atom stereocenters. The lowest BCUT2D eigenvalue weighted by molar-refractivity contribution is -0.127. The lowest BCUT2D eigenvalue weighted by atomic mass is 9.87. The fraction of sp³-hybridized carbons (Fsp3) is 0.700. The number of oxime groups is 1. The van der Waals surface area contributed by atoms with Crippen LogP contribution in [0.4, 0.5) is 5.82 Å². The van der Waals surface area contributed by atoms with E-state index >= 15 is 0 Å². The fourth-order valence-corrected chi connectivity index (χ4v) is 4.72. The first-order chi connectivity index (χ1) is 13.7. The van der Waals surface area contributed by atoms with Gasteiger partial charge >= 0.3 is 0 Å². The third kappa shape index (κ3) is 3.97. The van der Waals surface area contributed by atoms with E-state index in [2.05, 4.69) is 20.0 Å². The molecule has 1 aromatic rings. The minimum Gasteiger partial charge on any atom is -0.395 e. The van der Waals surface area contributed by atoms with Gasteiger partial charge in [-0.3, -0.25) is 9.78 Å². The minimum absolute atomic E-state index is 0.0258. The number of rotatable bonds is 5. The molecule has 1 amide bonds. The van der Waals surface area contributed by atoms with Crippen LogP contribution in [0.1, 0.15) is 51.4 Å². The molecular weight excluding hydrogens is 358 g/mol. The van der Waals surface area contributed by atoms with E-state index in [1.165, 1.54) is 6.42 Å². The molecule has 1 saturated heterocycles. The second kappa shape index (κ2) is 8.43. The van der Waals surface area contributed by atoms with Crippen molar-refractivity contribution in [3.05, 3.63) is 18.6 Å². The summed E-state index contributed by atoms with van der Waals surface area (Å²) in [5.74, 6) is 0.753. The molecule has 1 aliphatic carbocycles. The van der Waals surface area contributed by atoms with E-state index in [1.807, 2.05) is 4.90 Å². The van der Waals surface area contributed by atoms with Crippen molar-refractivity contribution in [1.29, 1.82) is 0 Å². The predicted octanol–water partition coefficient (Wildman–Crippen LogP) is 1.75. The Morgan fingerprint density at radius 3 is 2.89 bits per heavy atom. The topological polar surface area (TPSA) is 91.2 Å². The van der Waals surface area contributed by atoms with Crippen LogP contribution >= 0.6 is 0 Å². The fourth-order valence-electron chi connectivity index (χ4n) is 4.72. The summed E-state index contributed by atoms with van der Waals surface area (Å²) < 4.78 is 0. The molecule has 1 unspecified atom stereocenters. The van der Waals surface area contributed by atoms with Gasteiger partial charge in [0.25, 0.3) is 5.91 Å². The molecule has 8 nitrogen and oxygen atoms in total. The molecule has 1 N–H and O–H groups in total. The zero-order valence-corrected chi connectivity index (χ0v) is 16.3. The van der Waals surface area contributed by atoms with Gasteiger partial charge in [-0.05, 0) is 25.7 Å². The molecule has 0 bridgehead atoms. The molecule has 152 valence electrons. The average Bonchev–Trinajstić information content (AvgIpc) is 3.16. The van der Waals surface area contributed by atoms with E-state index in [1.54, 1.807) is 18.6 Å². The number of carbonyl (C=O) groups is 1. The molecule has 1 spiro atoms. The summed E-state index contributed by atoms with van der Waals surface area (Å²) in [6.45, 7) is 1.88. The van der Waals surface area contributed by atoms with Gasteiger partial charge in [0, 0.05) is 37.9 Å². The number of anilines is 1. The molecule has 4 rings (SSSR count). The molecule has 28 heavy (non-hydrogen) atoms. The molecule has 2 aliphatic heterocycles. The number of nitrogens with zero attached hydrogens (tertiary/aromatic N) is 5. The van der Waals surface area contributed by atoms with E-state index in [4.69, 9.17) is 4.84 Å². The maximum atomic E-state index is 13.2. The van der Waals surface area contributed by atoms with Crippen LogP contribution in [0.15, 0.2) is 23.7 Å². The Morgan fingerprint density at radius 1 is 1.29 bits per heavy atom. The van der Waals surface area contributed by atoms with Gasteiger partial charge in [-0.1, -0.05) is 24.4 Å². The summed E-state index contributed by atoms with van der Waals surface area (Å²) in [7, 11) is 0. The predicted molar refractivity (Wildman–Crippen MR) is 105 cm³/mol. The van der Waals surface area contributed by atoms with E-state index < -0.39 is 5.60 Å². The number of amides is 1. The van der Waals surface area contributed by atoms with Crippen molar-refractivity contribution in [3.63, 3.8) is 0 Å². The van der Waals surface area contributed by atoms with Crippen LogP contribution in [0.25, 0.3) is 0 Å². The number of aliphatic hydroxyl groups is 1. The zero-order chi connectivity index (χ0) is 19.4. The van der Waals surface area contributed by atoms with Gasteiger partial charge in [-0.2, -0.15) is 0 Å². The molecule has 8 heteroatoms. The quantitative estimate of drug-likeness (QED) is 0.828. The van der Waals surface area contributed by atoms with Crippen LogP contribution in [0.5, 0.6) is 0 Å². The minimum atomic E-state index is -0.474. The third-order valence-electron chi connectivity index (χ3n) is 6.12. The summed E-state index contributed by atoms with van der Waals surface area (Å²) in [5.41, 5.74) is 0.0121. The summed E-state index contributed by atoms with van der Waals surface area (Å²) in [6.07, 6.45) is 13.0. The van der Waals surface area contributed by atoms with E-state index in [-0.39, 0.29) is 18.6 Å². The molecule has 0 radical (unpaired) electrons. The van der Waals surface area contributed by atoms with Gasteiger partial charge in [-0.15, -0.1) is 0 Å². The molecule has 1 saturated carbocycles. The van der Waals surface area contributed by atoms with Gasteiger partial charge < -0.3 is 19.7 Å². The molecule has 3 heterocycles. The first-order valence-electron chi connectivity index (χ1n) is 10.4. The lowest BCUT2D eigenvalue weighted by Gasteiger charge is -2.38. The highest BCUT2D eigenvalue weighted by Gasteiger charge is 2.46. The summed E-state index contributed by atoms with van der Waals surface area (Å²) >= 11 is 0. The monoisotopic (exact) mass is 387 g/mol. The van der Waals surface area contributed by atoms with Crippen LogP contribution in [0, 0.1) is 0 Å². The standard InChI is InChI=1S/C20H29N5O3/c26-12-11-25(16-5-2-1-3-6-16)19(27)17-13-20(28-23-17)7-4-10-24(15-20)18-14-21-8-9-22-18/h8-9,14,16,26H,1-7,10-13,15H2. The Balaban J connectivity index is 1.43. The van der Waals surface area contributed by atoms with Gasteiger partial charge in [0.2, 0.25) is 0 Å². The highest BCUT2D eigenvalue weighted by Crippen LogP contribution is 2.35. The van der Waals surface area contributed by atoms with Crippen molar-refractivity contribution in [2.45, 2.75) is 63.0 Å². The van der Waals surface area contributed by atoms with Crippen LogP contribution in [-0.2, 0) is 9.63 Å². The largest absolute Gasteiger partial charge is 0.395 e. The molecular formula is C20H29N5O3. The molecule has 1 aromatic heterocycles. The number of hydrogen-bond acceptors (Lipinski definition) is 7. The normalized spacial score (nSPS) is 25.5. The van der Waals surface area contributed by atoms with Crippen LogP contribution < -0.4 is 4.90 Å². The number of piperidine rings is 1. The second-order valence-corrected chi connectivity index (χ2v) is 8.09. The number of aromatic nitrogens is 2. The van der Waals surface area contributed by atoms with Crippen molar-refractivity contribution in [1.82, 2.24) is 14.9 Å². The number of carbonyl (C=O) groups excluding carboxylic acids is 1. The van der Waals surface area contributed by atoms with E-state index in [0.717, 1.165) is 50.9 Å². The van der Waals surface area contributed by atoms with Crippen molar-refractivity contribution >= 4 is 17.4 Å². The highest BCUT2D eigenvalue weighted by molar-refractivity contribution is 6.39. The maximum absolute atomic E-state index is 13.2. The van der Waals surface area contributed by atoms with Crippen molar-refractivity contribution in [2.24, 2.45) is 5.16 Å². The van der Waals surface area contributed by atoms with E-state index in [0.29, 0.717) is 25.2 Å². The number of aliphatic hydroxyl groups excluding tert-OH is 1. The van der Waals surface area contributed by atoms with Crippen molar-refractivity contribution in [3.8, 4) is 0 Å². The number of hydrogen-bond donors (Lipinski definition) is 1. The van der Waals surface area contributed by atoms with Gasteiger partial charge in [0.1, 0.15) is 11.5 Å². The Morgan fingerprint density at radius 2 is 2.14 bits per heavy atom. The van der Waals surface area contributed by atoms with Crippen molar-refractivity contribution < 1.29 is 14.7 Å². The van der Waals surface area contributed by atoms with Gasteiger partial charge in [0.05, 0.1) is 19.3 Å². The van der Waals surface area contributed by atoms with Crippen LogP contribution in [0.2, 0.25) is 0 Å². The SMILES string of the molecule is O=C(C1=NOC2(CCCN(c3cnccn3)C2)C1)N(CCO)C1CCCCC1. The highest BCUT2D eigenvalue weighted by atomic mass is 16.7. The molecule has 2 fully saturated rings. The Kier molecular flexibility index (Phi) is 5.75. The van der Waals surface area contributed by atoms with Gasteiger partial charge in [-0.25, -0.2) is 4.98 Å². The smallest absolute Gasteiger partial charge is 0.272 e. The molecule has 0 aromatic carbocycles. The van der Waals surface area contributed by atoms with Crippen LogP contribution in [0.3, 0.4) is 0 Å². The van der Waals surface area contributed by atoms with Crippen molar-refractivity contribution in [2.75, 3.05) is 31.1 Å². The maximum Gasteiger partial charge on any atom is 0.272 e. The van der Waals surface area contributed by atoms with E-state index in [9.17, 15) is 9.90 Å². The Hall–Kier alpha value is -2.22. The van der Waals surface area contributed by atoms with Crippen LogP contribution in [-0.4, -0.2) is 69.5 Å². The van der Waals surface area contributed by atoms with Gasteiger partial charge in [0.15, 0.2) is 5.60 Å². The Labute approximate surface area is 165 Å². The first kappa shape index (κ1) is 19.1. The summed E-state index contributed by atoms with van der Waals surface area (Å²) in [6, 6.07) is 0.204.